The van der Waals surface area contributed by atoms with Crippen molar-refractivity contribution in [3.8, 4) is 11.5 Å². The number of nitrogens with zero attached hydrogens (tertiary/aromatic N) is 1. The van der Waals surface area contributed by atoms with Gasteiger partial charge in [-0.05, 0) is 80.0 Å². The van der Waals surface area contributed by atoms with Crippen LogP contribution in [0.3, 0.4) is 0 Å². The van der Waals surface area contributed by atoms with Gasteiger partial charge in [0, 0.05) is 13.1 Å². The molecule has 1 atom stereocenters. The Kier molecular flexibility index (Phi) is 8.78. The molecule has 0 saturated carbocycles. The maximum atomic E-state index is 5.54. The monoisotopic (exact) mass is 427 g/mol. The summed E-state index contributed by atoms with van der Waals surface area (Å²) in [5, 5.41) is 7.48. The molecule has 2 aromatic rings. The first-order valence-corrected chi connectivity index (χ1v) is 11.1. The van der Waals surface area contributed by atoms with Crippen LogP contribution in [0.5, 0.6) is 11.5 Å². The van der Waals surface area contributed by atoms with Gasteiger partial charge in [-0.2, -0.15) is 0 Å². The number of nitrogens with one attached hydrogen (secondary N) is 2. The summed E-state index contributed by atoms with van der Waals surface area (Å²) in [4.78, 5) is 2.57. The molecule has 162 valence electrons. The van der Waals surface area contributed by atoms with Crippen LogP contribution in [0.2, 0.25) is 0 Å². The number of benzene rings is 2. The van der Waals surface area contributed by atoms with Gasteiger partial charge < -0.3 is 20.1 Å². The molecular formula is C24H33N3O2S. The van der Waals surface area contributed by atoms with Crippen molar-refractivity contribution in [2.24, 2.45) is 0 Å². The van der Waals surface area contributed by atoms with Crippen LogP contribution in [0, 0.1) is 0 Å². The van der Waals surface area contributed by atoms with E-state index >= 15 is 0 Å². The van der Waals surface area contributed by atoms with Gasteiger partial charge in [-0.1, -0.05) is 30.7 Å². The van der Waals surface area contributed by atoms with E-state index in [4.69, 9.17) is 21.7 Å². The molecule has 0 spiro atoms. The Morgan fingerprint density at radius 1 is 0.900 bits per heavy atom. The quantitative estimate of drug-likeness (QED) is 0.591. The van der Waals surface area contributed by atoms with E-state index in [1.807, 2.05) is 24.3 Å². The van der Waals surface area contributed by atoms with Crippen molar-refractivity contribution in [2.75, 3.05) is 40.4 Å². The Morgan fingerprint density at radius 3 is 2.10 bits per heavy atom. The van der Waals surface area contributed by atoms with Crippen LogP contribution in [-0.2, 0) is 6.42 Å². The SMILES string of the molecule is COc1ccc(CCNC(=S)NC[C@H](c2ccc(OC)cc2)N2CCCCC2)cc1. The predicted octanol–water partition coefficient (Wildman–Crippen LogP) is 3.94. The highest BCUT2D eigenvalue weighted by atomic mass is 32.1. The van der Waals surface area contributed by atoms with Crippen molar-refractivity contribution in [1.29, 1.82) is 0 Å². The minimum absolute atomic E-state index is 0.303. The van der Waals surface area contributed by atoms with E-state index in [0.29, 0.717) is 11.2 Å². The average Bonchev–Trinajstić information content (AvgIpc) is 2.81. The third-order valence-corrected chi connectivity index (χ3v) is 5.93. The number of hydrogen-bond acceptors (Lipinski definition) is 4. The Morgan fingerprint density at radius 2 is 1.50 bits per heavy atom. The lowest BCUT2D eigenvalue weighted by Crippen LogP contribution is -2.43. The summed E-state index contributed by atoms with van der Waals surface area (Å²) in [5.74, 6) is 1.77. The van der Waals surface area contributed by atoms with Crippen LogP contribution in [-0.4, -0.2) is 50.4 Å². The van der Waals surface area contributed by atoms with Crippen LogP contribution in [0.25, 0.3) is 0 Å². The molecule has 0 radical (unpaired) electrons. The zero-order chi connectivity index (χ0) is 21.2. The first-order chi connectivity index (χ1) is 14.7. The molecule has 1 saturated heterocycles. The second-order valence-electron chi connectivity index (χ2n) is 7.62. The molecule has 5 nitrogen and oxygen atoms in total. The fourth-order valence-corrected chi connectivity index (χ4v) is 4.06. The van der Waals surface area contributed by atoms with Crippen molar-refractivity contribution in [3.63, 3.8) is 0 Å². The maximum absolute atomic E-state index is 5.54. The van der Waals surface area contributed by atoms with Crippen LogP contribution < -0.4 is 20.1 Å². The normalized spacial score (nSPS) is 15.3. The fraction of sp³-hybridized carbons (Fsp3) is 0.458. The summed E-state index contributed by atoms with van der Waals surface area (Å²) in [5.41, 5.74) is 2.56. The summed E-state index contributed by atoms with van der Waals surface area (Å²) in [7, 11) is 3.39. The van der Waals surface area contributed by atoms with Crippen molar-refractivity contribution in [3.05, 3.63) is 59.7 Å². The number of rotatable bonds is 9. The second-order valence-corrected chi connectivity index (χ2v) is 8.03. The van der Waals surface area contributed by atoms with Gasteiger partial charge >= 0.3 is 0 Å². The van der Waals surface area contributed by atoms with E-state index in [1.54, 1.807) is 14.2 Å². The molecule has 30 heavy (non-hydrogen) atoms. The highest BCUT2D eigenvalue weighted by Crippen LogP contribution is 2.25. The van der Waals surface area contributed by atoms with Crippen LogP contribution in [0.4, 0.5) is 0 Å². The zero-order valence-electron chi connectivity index (χ0n) is 18.0. The molecule has 0 bridgehead atoms. The molecule has 0 aliphatic carbocycles. The van der Waals surface area contributed by atoms with E-state index in [-0.39, 0.29) is 0 Å². The first kappa shape index (κ1) is 22.4. The fourth-order valence-electron chi connectivity index (χ4n) is 3.88. The van der Waals surface area contributed by atoms with Crippen molar-refractivity contribution >= 4 is 17.3 Å². The van der Waals surface area contributed by atoms with Gasteiger partial charge in [0.25, 0.3) is 0 Å². The van der Waals surface area contributed by atoms with E-state index in [2.05, 4.69) is 39.8 Å². The molecule has 1 fully saturated rings. The lowest BCUT2D eigenvalue weighted by molar-refractivity contribution is 0.164. The summed E-state index contributed by atoms with van der Waals surface area (Å²) >= 11 is 5.54. The van der Waals surface area contributed by atoms with Crippen molar-refractivity contribution < 1.29 is 9.47 Å². The largest absolute Gasteiger partial charge is 0.497 e. The maximum Gasteiger partial charge on any atom is 0.166 e. The Labute approximate surface area is 185 Å². The van der Waals surface area contributed by atoms with Crippen molar-refractivity contribution in [1.82, 2.24) is 15.5 Å². The number of likely N-dealkylation sites (tertiary alicyclic amines) is 1. The molecule has 0 aromatic heterocycles. The summed E-state index contributed by atoms with van der Waals surface area (Å²) in [6, 6.07) is 16.9. The molecule has 2 aromatic carbocycles. The van der Waals surface area contributed by atoms with Gasteiger partial charge in [-0.25, -0.2) is 0 Å². The van der Waals surface area contributed by atoms with Gasteiger partial charge in [0.2, 0.25) is 0 Å². The first-order valence-electron chi connectivity index (χ1n) is 10.7. The number of thiocarbonyl (C=S) groups is 1. The summed E-state index contributed by atoms with van der Waals surface area (Å²) < 4.78 is 10.5. The zero-order valence-corrected chi connectivity index (χ0v) is 18.8. The highest BCUT2D eigenvalue weighted by molar-refractivity contribution is 7.80. The van der Waals surface area contributed by atoms with E-state index in [0.717, 1.165) is 44.1 Å². The van der Waals surface area contributed by atoms with Gasteiger partial charge in [0.15, 0.2) is 5.11 Å². The minimum Gasteiger partial charge on any atom is -0.497 e. The number of hydrogen-bond donors (Lipinski definition) is 2. The van der Waals surface area contributed by atoms with Crippen LogP contribution >= 0.6 is 12.2 Å². The van der Waals surface area contributed by atoms with E-state index in [9.17, 15) is 0 Å². The average molecular weight is 428 g/mol. The number of methoxy groups -OCH3 is 2. The Bertz CT molecular complexity index is 774. The molecule has 2 N–H and O–H groups in total. The smallest absolute Gasteiger partial charge is 0.166 e. The van der Waals surface area contributed by atoms with Gasteiger partial charge in [0.1, 0.15) is 11.5 Å². The molecule has 1 aliphatic heterocycles. The van der Waals surface area contributed by atoms with Gasteiger partial charge in [0.05, 0.1) is 20.3 Å². The van der Waals surface area contributed by atoms with Crippen molar-refractivity contribution in [2.45, 2.75) is 31.7 Å². The molecule has 3 rings (SSSR count). The van der Waals surface area contributed by atoms with E-state index in [1.165, 1.54) is 30.4 Å². The van der Waals surface area contributed by atoms with Crippen LogP contribution in [0.15, 0.2) is 48.5 Å². The van der Waals surface area contributed by atoms with E-state index < -0.39 is 0 Å². The van der Waals surface area contributed by atoms with Gasteiger partial charge in [-0.15, -0.1) is 0 Å². The Balaban J connectivity index is 1.51. The summed E-state index contributed by atoms with van der Waals surface area (Å²) in [6.07, 6.45) is 4.76. The lowest BCUT2D eigenvalue weighted by Gasteiger charge is -2.35. The van der Waals surface area contributed by atoms with Crippen LogP contribution in [0.1, 0.15) is 36.4 Å². The predicted molar refractivity (Wildman–Crippen MR) is 126 cm³/mol. The van der Waals surface area contributed by atoms with Gasteiger partial charge in [-0.3, -0.25) is 4.90 Å². The third kappa shape index (κ3) is 6.61. The second kappa shape index (κ2) is 11.8. The molecule has 1 heterocycles. The Hall–Kier alpha value is -2.31. The third-order valence-electron chi connectivity index (χ3n) is 5.65. The molecule has 1 aliphatic rings. The molecule has 0 unspecified atom stereocenters. The number of piperidine rings is 1. The number of ether oxygens (including phenoxy) is 2. The molecule has 6 heteroatoms. The highest BCUT2D eigenvalue weighted by Gasteiger charge is 2.22. The lowest BCUT2D eigenvalue weighted by atomic mass is 10.0. The molecular weight excluding hydrogens is 394 g/mol. The summed E-state index contributed by atoms with van der Waals surface area (Å²) in [6.45, 7) is 3.86. The topological polar surface area (TPSA) is 45.8 Å². The minimum atomic E-state index is 0.303. The standard InChI is InChI=1S/C24H33N3O2S/c1-28-21-10-6-19(7-11-21)14-15-25-24(30)26-18-23(27-16-4-3-5-17-27)20-8-12-22(29-2)13-9-20/h6-13,23H,3-5,14-18H2,1-2H3,(H2,25,26,30)/t23-/m1/s1. The molecule has 0 amide bonds.